The van der Waals surface area contributed by atoms with Gasteiger partial charge in [0, 0.05) is 38.8 Å². The monoisotopic (exact) mass is 467 g/mol. The van der Waals surface area contributed by atoms with Crippen molar-refractivity contribution in [2.75, 3.05) is 23.7 Å². The average Bonchev–Trinajstić information content (AvgIpc) is 3.56. The number of nitrogens with zero attached hydrogens (tertiary/aromatic N) is 7. The van der Waals surface area contributed by atoms with Crippen LogP contribution in [-0.4, -0.2) is 53.0 Å². The number of hydrogen-bond donors (Lipinski definition) is 2. The van der Waals surface area contributed by atoms with E-state index >= 15 is 0 Å². The second-order valence-electron chi connectivity index (χ2n) is 8.59. The summed E-state index contributed by atoms with van der Waals surface area (Å²) in [6, 6.07) is 17.8. The van der Waals surface area contributed by atoms with Gasteiger partial charge >= 0.3 is 0 Å². The predicted molar refractivity (Wildman–Crippen MR) is 135 cm³/mol. The summed E-state index contributed by atoms with van der Waals surface area (Å²) in [5.41, 5.74) is 4.16. The van der Waals surface area contributed by atoms with Crippen LogP contribution in [0.5, 0.6) is 0 Å². The van der Waals surface area contributed by atoms with Crippen LogP contribution in [0.3, 0.4) is 0 Å². The van der Waals surface area contributed by atoms with E-state index in [4.69, 9.17) is 15.0 Å². The maximum Gasteiger partial charge on any atom is 0.233 e. The number of rotatable bonds is 7. The van der Waals surface area contributed by atoms with E-state index < -0.39 is 0 Å². The lowest BCUT2D eigenvalue weighted by molar-refractivity contribution is -0.127. The Balaban J connectivity index is 1.38. The normalized spacial score (nSPS) is 13.7. The lowest BCUT2D eigenvalue weighted by Crippen LogP contribution is -2.28. The van der Waals surface area contributed by atoms with Gasteiger partial charge in [0.1, 0.15) is 0 Å². The summed E-state index contributed by atoms with van der Waals surface area (Å²) in [6.45, 7) is 2.04. The number of fused-ring (bicyclic) bond motifs is 2. The fourth-order valence-electron chi connectivity index (χ4n) is 4.44. The third-order valence-corrected chi connectivity index (χ3v) is 6.29. The van der Waals surface area contributed by atoms with Crippen molar-refractivity contribution in [1.29, 1.82) is 0 Å². The summed E-state index contributed by atoms with van der Waals surface area (Å²) in [6.07, 6.45) is 3.31. The van der Waals surface area contributed by atoms with E-state index in [1.807, 2.05) is 75.7 Å². The number of aromatic nitrogens is 6. The number of carbonyl (C=O) groups is 1. The first kappa shape index (κ1) is 21.1. The second-order valence-corrected chi connectivity index (χ2v) is 8.59. The van der Waals surface area contributed by atoms with Gasteiger partial charge in [-0.3, -0.25) is 10.1 Å². The van der Waals surface area contributed by atoms with Crippen molar-refractivity contribution in [1.82, 2.24) is 34.0 Å². The fourth-order valence-corrected chi connectivity index (χ4v) is 4.44. The molecule has 3 aromatic heterocycles. The molecule has 0 unspecified atom stereocenters. The molecule has 0 radical (unpaired) electrons. The highest BCUT2D eigenvalue weighted by atomic mass is 16.2. The van der Waals surface area contributed by atoms with Gasteiger partial charge in [0.15, 0.2) is 17.0 Å². The Hall–Kier alpha value is -4.47. The number of benzene rings is 2. The number of aryl methyl sites for hydroxylation is 1. The van der Waals surface area contributed by atoms with Crippen LogP contribution in [-0.2, 0) is 18.4 Å². The van der Waals surface area contributed by atoms with Crippen molar-refractivity contribution in [2.45, 2.75) is 19.4 Å². The number of carbonyl (C=O) groups excluding carboxylic acids is 1. The molecule has 1 aliphatic heterocycles. The van der Waals surface area contributed by atoms with Crippen molar-refractivity contribution in [2.24, 2.45) is 7.05 Å². The lowest BCUT2D eigenvalue weighted by atomic mass is 10.3. The zero-order valence-corrected chi connectivity index (χ0v) is 19.3. The van der Waals surface area contributed by atoms with E-state index in [9.17, 15) is 4.79 Å². The Labute approximate surface area is 201 Å². The molecule has 1 saturated heterocycles. The number of amides is 1. The van der Waals surface area contributed by atoms with Gasteiger partial charge in [0.05, 0.1) is 17.4 Å². The number of nitrogens with one attached hydrogen (secondary N) is 2. The van der Waals surface area contributed by atoms with E-state index in [0.29, 0.717) is 48.4 Å². The van der Waals surface area contributed by atoms with E-state index in [-0.39, 0.29) is 5.91 Å². The average molecular weight is 468 g/mol. The maximum atomic E-state index is 12.1. The molecule has 5 aromatic rings. The molecule has 2 N–H and O–H groups in total. The van der Waals surface area contributed by atoms with Crippen LogP contribution in [0, 0.1) is 0 Å². The van der Waals surface area contributed by atoms with Crippen LogP contribution >= 0.6 is 0 Å². The SMILES string of the molecule is Cn1c(Nc2nc(Nc3ccccc3)c3ncn(CCN4CCCC4=O)c3n2)nc2ccccc21. The molecule has 10 nitrogen and oxygen atoms in total. The summed E-state index contributed by atoms with van der Waals surface area (Å²) < 4.78 is 3.95. The molecule has 0 atom stereocenters. The first-order chi connectivity index (χ1) is 17.2. The largest absolute Gasteiger partial charge is 0.341 e. The van der Waals surface area contributed by atoms with Crippen LogP contribution in [0.4, 0.5) is 23.4 Å². The Morgan fingerprint density at radius 1 is 0.943 bits per heavy atom. The molecule has 35 heavy (non-hydrogen) atoms. The van der Waals surface area contributed by atoms with Gasteiger partial charge in [-0.1, -0.05) is 30.3 Å². The van der Waals surface area contributed by atoms with Crippen LogP contribution in [0.15, 0.2) is 60.9 Å². The third-order valence-electron chi connectivity index (χ3n) is 6.29. The van der Waals surface area contributed by atoms with Crippen molar-refractivity contribution < 1.29 is 4.79 Å². The van der Waals surface area contributed by atoms with E-state index in [0.717, 1.165) is 29.7 Å². The van der Waals surface area contributed by atoms with Crippen molar-refractivity contribution in [3.63, 3.8) is 0 Å². The van der Waals surface area contributed by atoms with E-state index in [1.165, 1.54) is 0 Å². The van der Waals surface area contributed by atoms with Gasteiger partial charge in [0.25, 0.3) is 0 Å². The molecule has 0 saturated carbocycles. The van der Waals surface area contributed by atoms with Gasteiger partial charge < -0.3 is 19.4 Å². The molecule has 176 valence electrons. The molecule has 0 bridgehead atoms. The molecule has 0 spiro atoms. The van der Waals surface area contributed by atoms with Crippen LogP contribution in [0.1, 0.15) is 12.8 Å². The second kappa shape index (κ2) is 8.71. The number of anilines is 4. The topological polar surface area (TPSA) is 106 Å². The quantitative estimate of drug-likeness (QED) is 0.375. The molecule has 1 amide bonds. The molecule has 1 fully saturated rings. The highest BCUT2D eigenvalue weighted by Crippen LogP contribution is 2.26. The zero-order chi connectivity index (χ0) is 23.8. The summed E-state index contributed by atoms with van der Waals surface area (Å²) in [5, 5.41) is 6.66. The summed E-state index contributed by atoms with van der Waals surface area (Å²) in [5.74, 6) is 1.86. The Bertz CT molecular complexity index is 1520. The standard InChI is InChI=1S/C25H25N9O/c1-32-19-11-6-5-10-18(19)28-25(32)31-24-29-22(27-17-8-3-2-4-9-17)21-23(30-24)34(16-26-21)15-14-33-13-7-12-20(33)35/h2-6,8-11,16H,7,12-15H2,1H3,(H2,27,28,29,30,31). The molecule has 6 rings (SSSR count). The Morgan fingerprint density at radius 2 is 1.77 bits per heavy atom. The van der Waals surface area contributed by atoms with Crippen LogP contribution in [0.2, 0.25) is 0 Å². The Kier molecular flexibility index (Phi) is 5.25. The summed E-state index contributed by atoms with van der Waals surface area (Å²) in [7, 11) is 1.95. The first-order valence-corrected chi connectivity index (χ1v) is 11.7. The molecule has 2 aromatic carbocycles. The minimum Gasteiger partial charge on any atom is -0.341 e. The van der Waals surface area contributed by atoms with Crippen LogP contribution < -0.4 is 10.6 Å². The van der Waals surface area contributed by atoms with Crippen molar-refractivity contribution in [3.05, 3.63) is 60.9 Å². The lowest BCUT2D eigenvalue weighted by Gasteiger charge is -2.16. The highest BCUT2D eigenvalue weighted by Gasteiger charge is 2.21. The maximum absolute atomic E-state index is 12.1. The van der Waals surface area contributed by atoms with Crippen molar-refractivity contribution >= 4 is 51.5 Å². The third kappa shape index (κ3) is 4.03. The molecule has 0 aliphatic carbocycles. The molecular weight excluding hydrogens is 442 g/mol. The summed E-state index contributed by atoms with van der Waals surface area (Å²) >= 11 is 0. The number of hydrogen-bond acceptors (Lipinski definition) is 7. The molecule has 1 aliphatic rings. The molecule has 10 heteroatoms. The van der Waals surface area contributed by atoms with Gasteiger partial charge in [-0.05, 0) is 30.7 Å². The van der Waals surface area contributed by atoms with E-state index in [1.54, 1.807) is 6.33 Å². The number of imidazole rings is 2. The molecule has 4 heterocycles. The molecular formula is C25H25N9O. The number of para-hydroxylation sites is 3. The van der Waals surface area contributed by atoms with Gasteiger partial charge in [-0.25, -0.2) is 9.97 Å². The van der Waals surface area contributed by atoms with Gasteiger partial charge in [0.2, 0.25) is 17.8 Å². The van der Waals surface area contributed by atoms with Gasteiger partial charge in [-0.15, -0.1) is 0 Å². The highest BCUT2D eigenvalue weighted by molar-refractivity contribution is 5.87. The summed E-state index contributed by atoms with van der Waals surface area (Å²) in [4.78, 5) is 32.8. The minimum atomic E-state index is 0.208. The smallest absolute Gasteiger partial charge is 0.233 e. The minimum absolute atomic E-state index is 0.208. The fraction of sp³-hybridized carbons (Fsp3) is 0.240. The zero-order valence-electron chi connectivity index (χ0n) is 19.3. The van der Waals surface area contributed by atoms with E-state index in [2.05, 4.69) is 15.6 Å². The number of likely N-dealkylation sites (tertiary alicyclic amines) is 1. The van der Waals surface area contributed by atoms with Gasteiger partial charge in [-0.2, -0.15) is 9.97 Å². The van der Waals surface area contributed by atoms with Crippen molar-refractivity contribution in [3.8, 4) is 0 Å². The Morgan fingerprint density at radius 3 is 2.57 bits per heavy atom. The first-order valence-electron chi connectivity index (χ1n) is 11.7. The predicted octanol–water partition coefficient (Wildman–Crippen LogP) is 3.82. The van der Waals surface area contributed by atoms with Crippen LogP contribution in [0.25, 0.3) is 22.2 Å².